The molecule has 0 radical (unpaired) electrons. The summed E-state index contributed by atoms with van der Waals surface area (Å²) in [5, 5.41) is 59.4. The summed E-state index contributed by atoms with van der Waals surface area (Å²) in [5.74, 6) is 0. The Morgan fingerprint density at radius 3 is 2.04 bits per heavy atom. The lowest BCUT2D eigenvalue weighted by Crippen LogP contribution is -2.64. The molecule has 0 aromatic carbocycles. The minimum atomic E-state index is -1.62. The van der Waals surface area contributed by atoms with Gasteiger partial charge in [-0.1, -0.05) is 0 Å². The van der Waals surface area contributed by atoms with Crippen LogP contribution in [0.4, 0.5) is 0 Å². The number of aliphatic hydroxyl groups is 6. The zero-order chi connectivity index (χ0) is 18.7. The van der Waals surface area contributed by atoms with Crippen molar-refractivity contribution in [1.29, 1.82) is 0 Å². The standard InChI is InChI=1S/C14H26O11/c1-21-4-6-7(16)8(17)9(18)14(24-6)25-11-5(3-15)23-13(20)12(22-2)10(11)19/h5-20H,3-4H2,1-2H3/t5-,6-,7+,8+,9-,10+,11+,12-,13-,14+/m1/s1. The van der Waals surface area contributed by atoms with E-state index in [4.69, 9.17) is 23.7 Å². The van der Waals surface area contributed by atoms with Crippen molar-refractivity contribution < 1.29 is 54.3 Å². The Bertz CT molecular complexity index is 410. The highest BCUT2D eigenvalue weighted by Crippen LogP contribution is 2.29. The van der Waals surface area contributed by atoms with Crippen molar-refractivity contribution >= 4 is 0 Å². The largest absolute Gasteiger partial charge is 0.394 e. The van der Waals surface area contributed by atoms with Crippen LogP contribution in [0.1, 0.15) is 0 Å². The minimum absolute atomic E-state index is 0.0721. The smallest absolute Gasteiger partial charge is 0.187 e. The van der Waals surface area contributed by atoms with E-state index in [2.05, 4.69) is 0 Å². The number of aliphatic hydroxyl groups excluding tert-OH is 6. The van der Waals surface area contributed by atoms with Crippen LogP contribution in [0.3, 0.4) is 0 Å². The summed E-state index contributed by atoms with van der Waals surface area (Å²) < 4.78 is 25.9. The van der Waals surface area contributed by atoms with Crippen LogP contribution in [0.15, 0.2) is 0 Å². The second kappa shape index (κ2) is 8.97. The molecule has 25 heavy (non-hydrogen) atoms. The van der Waals surface area contributed by atoms with Gasteiger partial charge in [0.25, 0.3) is 0 Å². The third kappa shape index (κ3) is 4.28. The van der Waals surface area contributed by atoms with Gasteiger partial charge in [0.1, 0.15) is 48.8 Å². The SMILES string of the molecule is COC[C@H]1O[C@@H](O[C@@H]2[C@H](O)[C@@H](OC)[C@H](O)O[C@@H]2CO)[C@H](O)[C@@H](O)[C@H]1O. The quantitative estimate of drug-likeness (QED) is 0.269. The topological polar surface area (TPSA) is 168 Å². The summed E-state index contributed by atoms with van der Waals surface area (Å²) in [7, 11) is 2.62. The fraction of sp³-hybridized carbons (Fsp3) is 1.00. The first-order valence-corrected chi connectivity index (χ1v) is 7.85. The van der Waals surface area contributed by atoms with E-state index in [0.717, 1.165) is 0 Å². The molecule has 10 atom stereocenters. The lowest BCUT2D eigenvalue weighted by molar-refractivity contribution is -0.357. The Labute approximate surface area is 144 Å². The molecule has 0 bridgehead atoms. The maximum Gasteiger partial charge on any atom is 0.187 e. The van der Waals surface area contributed by atoms with Crippen molar-refractivity contribution in [2.75, 3.05) is 27.4 Å². The molecule has 2 rings (SSSR count). The highest BCUT2D eigenvalue weighted by Gasteiger charge is 2.50. The summed E-state index contributed by atoms with van der Waals surface area (Å²) in [5.41, 5.74) is 0. The molecule has 2 aliphatic heterocycles. The van der Waals surface area contributed by atoms with E-state index in [9.17, 15) is 30.6 Å². The maximum absolute atomic E-state index is 10.3. The average molecular weight is 370 g/mol. The van der Waals surface area contributed by atoms with Crippen LogP contribution in [0.25, 0.3) is 0 Å². The molecule has 0 saturated carbocycles. The molecular formula is C14H26O11. The van der Waals surface area contributed by atoms with E-state index in [-0.39, 0.29) is 6.61 Å². The molecule has 0 aromatic heterocycles. The van der Waals surface area contributed by atoms with Crippen molar-refractivity contribution in [1.82, 2.24) is 0 Å². The molecule has 2 heterocycles. The van der Waals surface area contributed by atoms with Crippen LogP contribution < -0.4 is 0 Å². The van der Waals surface area contributed by atoms with Crippen LogP contribution >= 0.6 is 0 Å². The van der Waals surface area contributed by atoms with Crippen molar-refractivity contribution in [2.24, 2.45) is 0 Å². The Morgan fingerprint density at radius 2 is 1.48 bits per heavy atom. The van der Waals surface area contributed by atoms with Crippen molar-refractivity contribution in [2.45, 2.75) is 61.4 Å². The Hall–Kier alpha value is -0.440. The average Bonchev–Trinajstić information content (AvgIpc) is 2.59. The zero-order valence-electron chi connectivity index (χ0n) is 13.9. The Balaban J connectivity index is 2.13. The van der Waals surface area contributed by atoms with Gasteiger partial charge in [0.2, 0.25) is 0 Å². The lowest BCUT2D eigenvalue weighted by Gasteiger charge is -2.45. The molecule has 0 spiro atoms. The number of hydrogen-bond acceptors (Lipinski definition) is 11. The highest BCUT2D eigenvalue weighted by molar-refractivity contribution is 4.94. The molecule has 2 saturated heterocycles. The first kappa shape index (κ1) is 20.9. The van der Waals surface area contributed by atoms with Crippen molar-refractivity contribution in [3.8, 4) is 0 Å². The second-order valence-electron chi connectivity index (χ2n) is 6.01. The van der Waals surface area contributed by atoms with Gasteiger partial charge in [0, 0.05) is 14.2 Å². The van der Waals surface area contributed by atoms with Gasteiger partial charge in [-0.05, 0) is 0 Å². The van der Waals surface area contributed by atoms with Gasteiger partial charge >= 0.3 is 0 Å². The number of methoxy groups -OCH3 is 2. The van der Waals surface area contributed by atoms with Gasteiger partial charge in [-0.3, -0.25) is 0 Å². The third-order valence-corrected chi connectivity index (χ3v) is 4.38. The van der Waals surface area contributed by atoms with Gasteiger partial charge in [0.05, 0.1) is 13.2 Å². The van der Waals surface area contributed by atoms with Crippen LogP contribution in [0.5, 0.6) is 0 Å². The number of rotatable bonds is 6. The molecule has 0 aliphatic carbocycles. The molecule has 6 N–H and O–H groups in total. The fourth-order valence-electron chi connectivity index (χ4n) is 2.97. The van der Waals surface area contributed by atoms with E-state index in [1.54, 1.807) is 0 Å². The summed E-state index contributed by atoms with van der Waals surface area (Å²) in [6.45, 7) is -0.665. The zero-order valence-corrected chi connectivity index (χ0v) is 13.9. The molecule has 0 aromatic rings. The first-order chi connectivity index (χ1) is 11.8. The maximum atomic E-state index is 10.3. The summed E-state index contributed by atoms with van der Waals surface area (Å²) in [4.78, 5) is 0. The van der Waals surface area contributed by atoms with E-state index in [0.29, 0.717) is 0 Å². The normalized spacial score (nSPS) is 48.5. The molecule has 11 nitrogen and oxygen atoms in total. The Kier molecular flexibility index (Phi) is 7.49. The summed E-state index contributed by atoms with van der Waals surface area (Å²) >= 11 is 0. The molecule has 11 heteroatoms. The minimum Gasteiger partial charge on any atom is -0.394 e. The highest BCUT2D eigenvalue weighted by atomic mass is 16.7. The van der Waals surface area contributed by atoms with E-state index in [1.807, 2.05) is 0 Å². The predicted octanol–water partition coefficient (Wildman–Crippen LogP) is -4.09. The third-order valence-electron chi connectivity index (χ3n) is 4.38. The monoisotopic (exact) mass is 370 g/mol. The second-order valence-corrected chi connectivity index (χ2v) is 6.01. The van der Waals surface area contributed by atoms with Crippen molar-refractivity contribution in [3.05, 3.63) is 0 Å². The van der Waals surface area contributed by atoms with Crippen LogP contribution in [0.2, 0.25) is 0 Å². The lowest BCUT2D eigenvalue weighted by atomic mass is 9.97. The molecule has 148 valence electrons. The van der Waals surface area contributed by atoms with E-state index >= 15 is 0 Å². The fourth-order valence-corrected chi connectivity index (χ4v) is 2.97. The van der Waals surface area contributed by atoms with E-state index in [1.165, 1.54) is 14.2 Å². The molecule has 2 fully saturated rings. The van der Waals surface area contributed by atoms with Crippen LogP contribution in [-0.2, 0) is 23.7 Å². The van der Waals surface area contributed by atoms with Crippen LogP contribution in [0, 0.1) is 0 Å². The predicted molar refractivity (Wildman–Crippen MR) is 78.2 cm³/mol. The number of hydrogen-bond donors (Lipinski definition) is 6. The van der Waals surface area contributed by atoms with Crippen molar-refractivity contribution in [3.63, 3.8) is 0 Å². The molecule has 0 amide bonds. The van der Waals surface area contributed by atoms with Crippen LogP contribution in [-0.4, -0.2) is 119 Å². The summed E-state index contributed by atoms with van der Waals surface area (Å²) in [6, 6.07) is 0. The van der Waals surface area contributed by atoms with Gasteiger partial charge in [-0.25, -0.2) is 0 Å². The van der Waals surface area contributed by atoms with Gasteiger partial charge in [0.15, 0.2) is 12.6 Å². The Morgan fingerprint density at radius 1 is 0.800 bits per heavy atom. The number of ether oxygens (including phenoxy) is 5. The first-order valence-electron chi connectivity index (χ1n) is 7.85. The van der Waals surface area contributed by atoms with Gasteiger partial charge in [-0.2, -0.15) is 0 Å². The molecular weight excluding hydrogens is 344 g/mol. The van der Waals surface area contributed by atoms with E-state index < -0.39 is 68.0 Å². The molecule has 2 aliphatic rings. The van der Waals surface area contributed by atoms with Gasteiger partial charge in [-0.15, -0.1) is 0 Å². The summed E-state index contributed by atoms with van der Waals surface area (Å²) in [6.07, 6.45) is -13.4. The molecule has 0 unspecified atom stereocenters. The van der Waals surface area contributed by atoms with Gasteiger partial charge < -0.3 is 54.3 Å².